The van der Waals surface area contributed by atoms with E-state index in [0.29, 0.717) is 0 Å². The predicted octanol–water partition coefficient (Wildman–Crippen LogP) is 3.39. The first-order valence-electron chi connectivity index (χ1n) is 6.58. The second-order valence-electron chi connectivity index (χ2n) is 5.11. The quantitative estimate of drug-likeness (QED) is 0.623. The average Bonchev–Trinajstić information content (AvgIpc) is 2.36. The summed E-state index contributed by atoms with van der Waals surface area (Å²) >= 11 is 1.47. The predicted molar refractivity (Wildman–Crippen MR) is 83.5 cm³/mol. The Balaban J connectivity index is 1.99. The maximum atomic E-state index is 4.47. The van der Waals surface area contributed by atoms with Crippen LogP contribution in [0, 0.1) is 6.92 Å². The zero-order chi connectivity index (χ0) is 13.8. The van der Waals surface area contributed by atoms with Gasteiger partial charge in [-0.15, -0.1) is 0 Å². The number of rotatable bonds is 4. The summed E-state index contributed by atoms with van der Waals surface area (Å²) in [7, 11) is 0. The summed E-state index contributed by atoms with van der Waals surface area (Å²) in [4.78, 5) is 7.85. The molecule has 0 N–H and O–H groups in total. The van der Waals surface area contributed by atoms with Crippen LogP contribution in [-0.2, 0) is 13.0 Å². The topological polar surface area (TPSA) is 28.5 Å². The lowest BCUT2D eigenvalue weighted by atomic mass is 9.99. The number of pyridine rings is 1. The minimum Gasteiger partial charge on any atom is -0.293 e. The largest absolute Gasteiger partial charge is 0.293 e. The number of aryl methyl sites for hydroxylation is 1. The van der Waals surface area contributed by atoms with Gasteiger partial charge in [0.25, 0.3) is 0 Å². The molecule has 0 amide bonds. The first-order chi connectivity index (χ1) is 9.06. The molecule has 0 aromatic carbocycles. The molecule has 1 aromatic heterocycles. The second kappa shape index (κ2) is 6.35. The molecule has 0 radical (unpaired) electrons. The summed E-state index contributed by atoms with van der Waals surface area (Å²) < 4.78 is 4.47. The van der Waals surface area contributed by atoms with Gasteiger partial charge in [0.05, 0.1) is 0 Å². The molecule has 0 bridgehead atoms. The van der Waals surface area contributed by atoms with Crippen molar-refractivity contribution in [2.24, 2.45) is 4.40 Å². The number of hydrogen-bond acceptors (Lipinski definition) is 4. The number of hydrogen-bond donors (Lipinski definition) is 0. The molecular weight excluding hydrogens is 254 g/mol. The maximum Gasteiger partial charge on any atom is 0.0408 e. The lowest BCUT2D eigenvalue weighted by Gasteiger charge is -2.29. The molecule has 0 fully saturated rings. The van der Waals surface area contributed by atoms with E-state index >= 15 is 0 Å². The van der Waals surface area contributed by atoms with Crippen molar-refractivity contribution < 1.29 is 0 Å². The normalized spacial score (nSPS) is 16.3. The molecule has 3 nitrogen and oxygen atoms in total. The van der Waals surface area contributed by atoms with Crippen LogP contribution < -0.4 is 0 Å². The van der Waals surface area contributed by atoms with Crippen LogP contribution in [-0.4, -0.2) is 28.7 Å². The Morgan fingerprint density at radius 2 is 2.32 bits per heavy atom. The van der Waals surface area contributed by atoms with Gasteiger partial charge in [0.1, 0.15) is 0 Å². The smallest absolute Gasteiger partial charge is 0.0408 e. The van der Waals surface area contributed by atoms with Gasteiger partial charge in [-0.3, -0.25) is 9.88 Å². The fourth-order valence-corrected chi connectivity index (χ4v) is 2.74. The Morgan fingerprint density at radius 3 is 3.05 bits per heavy atom. The van der Waals surface area contributed by atoms with Crippen LogP contribution in [0.2, 0.25) is 0 Å². The van der Waals surface area contributed by atoms with Gasteiger partial charge < -0.3 is 0 Å². The van der Waals surface area contributed by atoms with E-state index in [-0.39, 0.29) is 0 Å². The molecule has 2 heterocycles. The van der Waals surface area contributed by atoms with E-state index in [1.54, 1.807) is 0 Å². The zero-order valence-electron chi connectivity index (χ0n) is 11.9. The molecule has 0 spiro atoms. The van der Waals surface area contributed by atoms with Crippen molar-refractivity contribution in [2.45, 2.75) is 33.7 Å². The van der Waals surface area contributed by atoms with Gasteiger partial charge in [-0.25, -0.2) is 4.40 Å². The molecule has 0 saturated carbocycles. The van der Waals surface area contributed by atoms with Gasteiger partial charge in [-0.05, 0) is 49.3 Å². The molecule has 0 unspecified atom stereocenters. The van der Waals surface area contributed by atoms with E-state index in [1.807, 2.05) is 13.1 Å². The van der Waals surface area contributed by atoms with E-state index in [1.165, 1.54) is 28.8 Å². The molecular formula is C15H21N3S. The summed E-state index contributed by atoms with van der Waals surface area (Å²) in [6.07, 6.45) is 3.01. The molecule has 19 heavy (non-hydrogen) atoms. The highest BCUT2D eigenvalue weighted by Crippen LogP contribution is 2.21. The zero-order valence-corrected chi connectivity index (χ0v) is 12.8. The third-order valence-electron chi connectivity index (χ3n) is 3.25. The summed E-state index contributed by atoms with van der Waals surface area (Å²) in [5.74, 6) is 0. The maximum absolute atomic E-state index is 4.47. The summed E-state index contributed by atoms with van der Waals surface area (Å²) in [5, 5.41) is 0. The highest BCUT2D eigenvalue weighted by Gasteiger charge is 2.18. The monoisotopic (exact) mass is 275 g/mol. The van der Waals surface area contributed by atoms with Gasteiger partial charge >= 0.3 is 0 Å². The Bertz CT molecular complexity index is 508. The summed E-state index contributed by atoms with van der Waals surface area (Å²) in [5.41, 5.74) is 5.19. The molecule has 1 aliphatic heterocycles. The van der Waals surface area contributed by atoms with Crippen molar-refractivity contribution in [3.63, 3.8) is 0 Å². The van der Waals surface area contributed by atoms with E-state index in [2.05, 4.69) is 40.8 Å². The van der Waals surface area contributed by atoms with Gasteiger partial charge in [-0.2, -0.15) is 0 Å². The fourth-order valence-electron chi connectivity index (χ4n) is 2.37. The number of fused-ring (bicyclic) bond motifs is 1. The SMILES string of the molecule is C=C(C)S/N=C(\C)CN1CCc2c(ccnc2C)C1. The highest BCUT2D eigenvalue weighted by atomic mass is 32.2. The minimum absolute atomic E-state index is 0.932. The van der Waals surface area contributed by atoms with Gasteiger partial charge in [0.2, 0.25) is 0 Å². The number of aromatic nitrogens is 1. The van der Waals surface area contributed by atoms with E-state index in [9.17, 15) is 0 Å². The molecule has 1 aliphatic rings. The highest BCUT2D eigenvalue weighted by molar-refractivity contribution is 8.01. The first kappa shape index (κ1) is 14.3. The van der Waals surface area contributed by atoms with Crippen LogP contribution in [0.4, 0.5) is 0 Å². The Hall–Kier alpha value is -1.13. The Morgan fingerprint density at radius 1 is 1.53 bits per heavy atom. The molecule has 0 aliphatic carbocycles. The Kier molecular flexibility index (Phi) is 4.77. The average molecular weight is 275 g/mol. The lowest BCUT2D eigenvalue weighted by Crippen LogP contribution is -2.34. The van der Waals surface area contributed by atoms with E-state index < -0.39 is 0 Å². The lowest BCUT2D eigenvalue weighted by molar-refractivity contribution is 0.289. The van der Waals surface area contributed by atoms with Crippen molar-refractivity contribution in [3.05, 3.63) is 40.6 Å². The minimum atomic E-state index is 0.932. The fraction of sp³-hybridized carbons (Fsp3) is 0.467. The van der Waals surface area contributed by atoms with Crippen LogP contribution in [0.1, 0.15) is 30.7 Å². The molecule has 4 heteroatoms. The van der Waals surface area contributed by atoms with Crippen molar-refractivity contribution in [1.29, 1.82) is 0 Å². The number of nitrogens with zero attached hydrogens (tertiary/aromatic N) is 3. The van der Waals surface area contributed by atoms with E-state index in [4.69, 9.17) is 0 Å². The van der Waals surface area contributed by atoms with Crippen LogP contribution in [0.5, 0.6) is 0 Å². The first-order valence-corrected chi connectivity index (χ1v) is 7.35. The van der Waals surface area contributed by atoms with Crippen LogP contribution >= 0.6 is 11.9 Å². The third-order valence-corrected chi connectivity index (χ3v) is 3.96. The molecule has 0 saturated heterocycles. The summed E-state index contributed by atoms with van der Waals surface area (Å²) in [6.45, 7) is 13.0. The number of allylic oxidation sites excluding steroid dienone is 1. The Labute approximate surface area is 120 Å². The van der Waals surface area contributed by atoms with Crippen molar-refractivity contribution in [3.8, 4) is 0 Å². The van der Waals surface area contributed by atoms with Gasteiger partial charge in [-0.1, -0.05) is 6.58 Å². The van der Waals surface area contributed by atoms with Crippen LogP contribution in [0.25, 0.3) is 0 Å². The molecule has 2 rings (SSSR count). The van der Waals surface area contributed by atoms with Gasteiger partial charge in [0, 0.05) is 49.2 Å². The molecule has 0 atom stereocenters. The van der Waals surface area contributed by atoms with E-state index in [0.717, 1.165) is 36.7 Å². The molecule has 102 valence electrons. The van der Waals surface area contributed by atoms with Crippen molar-refractivity contribution >= 4 is 17.7 Å². The van der Waals surface area contributed by atoms with Crippen molar-refractivity contribution in [2.75, 3.05) is 13.1 Å². The molecule has 1 aromatic rings. The van der Waals surface area contributed by atoms with Crippen LogP contribution in [0.3, 0.4) is 0 Å². The second-order valence-corrected chi connectivity index (χ2v) is 6.18. The standard InChI is InChI=1S/C15H21N3S/c1-11(2)19-17-12(3)9-18-8-6-15-13(4)16-7-5-14(15)10-18/h5,7H,1,6,8-10H2,2-4H3/b17-12+. The van der Waals surface area contributed by atoms with Crippen LogP contribution in [0.15, 0.2) is 28.1 Å². The van der Waals surface area contributed by atoms with Crippen molar-refractivity contribution in [1.82, 2.24) is 9.88 Å². The third kappa shape index (κ3) is 3.91. The summed E-state index contributed by atoms with van der Waals surface area (Å²) in [6, 6.07) is 2.14. The van der Waals surface area contributed by atoms with Gasteiger partial charge in [0.15, 0.2) is 0 Å².